The summed E-state index contributed by atoms with van der Waals surface area (Å²) < 4.78 is 5.69. The van der Waals surface area contributed by atoms with E-state index in [1.807, 2.05) is 6.07 Å². The Morgan fingerprint density at radius 2 is 2.23 bits per heavy atom. The summed E-state index contributed by atoms with van der Waals surface area (Å²) in [4.78, 5) is 15.4. The van der Waals surface area contributed by atoms with Crippen molar-refractivity contribution in [3.63, 3.8) is 0 Å². The molecule has 3 N–H and O–H groups in total. The first-order chi connectivity index (χ1) is 10.7. The normalized spacial score (nSPS) is 12.1. The Balaban J connectivity index is 2.07. The van der Waals surface area contributed by atoms with Crippen LogP contribution in [-0.4, -0.2) is 27.6 Å². The van der Waals surface area contributed by atoms with Gasteiger partial charge in [-0.15, -0.1) is 10.2 Å². The second kappa shape index (κ2) is 8.23. The summed E-state index contributed by atoms with van der Waals surface area (Å²) in [5, 5.41) is 10.9. The van der Waals surface area contributed by atoms with E-state index in [0.29, 0.717) is 18.3 Å². The van der Waals surface area contributed by atoms with Crippen molar-refractivity contribution in [2.24, 2.45) is 5.73 Å². The number of amides is 1. The van der Waals surface area contributed by atoms with Crippen LogP contribution in [0.4, 0.5) is 0 Å². The van der Waals surface area contributed by atoms with Crippen LogP contribution in [0.1, 0.15) is 44.5 Å². The van der Waals surface area contributed by atoms with Crippen LogP contribution in [-0.2, 0) is 4.79 Å². The molecule has 0 spiro atoms. The topological polar surface area (TPSA) is 107 Å². The number of carbonyl (C=O) groups excluding carboxylic acids is 1. The Morgan fingerprint density at radius 3 is 2.91 bits per heavy atom. The predicted octanol–water partition coefficient (Wildman–Crippen LogP) is 1.83. The number of nitrogens with two attached hydrogens (primary N) is 1. The number of unbranched alkanes of at least 4 members (excludes halogenated alkanes) is 2. The number of aromatic nitrogens is 3. The largest absolute Gasteiger partial charge is 0.418 e. The maximum Gasteiger partial charge on any atom is 0.249 e. The van der Waals surface area contributed by atoms with Gasteiger partial charge in [0, 0.05) is 19.3 Å². The Kier molecular flexibility index (Phi) is 6.02. The van der Waals surface area contributed by atoms with Crippen molar-refractivity contribution in [2.45, 2.75) is 38.6 Å². The third-order valence-corrected chi connectivity index (χ3v) is 3.22. The number of hydrogen-bond acceptors (Lipinski definition) is 6. The molecule has 0 aliphatic heterocycles. The molecule has 7 nitrogen and oxygen atoms in total. The van der Waals surface area contributed by atoms with E-state index in [9.17, 15) is 4.79 Å². The maximum absolute atomic E-state index is 11.4. The van der Waals surface area contributed by atoms with Gasteiger partial charge in [-0.2, -0.15) is 0 Å². The van der Waals surface area contributed by atoms with Crippen molar-refractivity contribution in [3.05, 3.63) is 30.4 Å². The Hall–Kier alpha value is -2.28. The van der Waals surface area contributed by atoms with E-state index in [4.69, 9.17) is 10.2 Å². The average molecular weight is 303 g/mol. The lowest BCUT2D eigenvalue weighted by atomic mass is 10.1. The molecule has 2 rings (SSSR count). The molecule has 2 aromatic rings. The fourth-order valence-corrected chi connectivity index (χ4v) is 2.15. The molecular formula is C15H21N5O2. The Labute approximate surface area is 129 Å². The summed E-state index contributed by atoms with van der Waals surface area (Å²) in [6.07, 6.45) is 7.00. The third kappa shape index (κ3) is 4.63. The molecule has 2 heterocycles. The summed E-state index contributed by atoms with van der Waals surface area (Å²) in [7, 11) is 0. The molecule has 0 saturated carbocycles. The second-order valence-corrected chi connectivity index (χ2v) is 5.08. The van der Waals surface area contributed by atoms with Crippen molar-refractivity contribution in [3.8, 4) is 11.5 Å². The lowest BCUT2D eigenvalue weighted by Gasteiger charge is -2.13. The SMILES string of the molecule is CC(=O)N[C@@H](CCCCCN)c1nnc(-c2cccnc2)o1. The van der Waals surface area contributed by atoms with Crippen molar-refractivity contribution < 1.29 is 9.21 Å². The molecule has 1 atom stereocenters. The molecule has 2 aromatic heterocycles. The highest BCUT2D eigenvalue weighted by atomic mass is 16.4. The molecule has 0 fully saturated rings. The zero-order valence-corrected chi connectivity index (χ0v) is 12.7. The summed E-state index contributed by atoms with van der Waals surface area (Å²) in [6, 6.07) is 3.38. The van der Waals surface area contributed by atoms with Gasteiger partial charge in [-0.25, -0.2) is 0 Å². The van der Waals surface area contributed by atoms with Crippen LogP contribution in [0, 0.1) is 0 Å². The van der Waals surface area contributed by atoms with Gasteiger partial charge in [0.1, 0.15) is 6.04 Å². The monoisotopic (exact) mass is 303 g/mol. The quantitative estimate of drug-likeness (QED) is 0.720. The molecule has 0 unspecified atom stereocenters. The minimum absolute atomic E-state index is 0.120. The molecule has 7 heteroatoms. The van der Waals surface area contributed by atoms with Gasteiger partial charge in [0.15, 0.2) is 0 Å². The van der Waals surface area contributed by atoms with Crippen molar-refractivity contribution in [1.82, 2.24) is 20.5 Å². The van der Waals surface area contributed by atoms with Gasteiger partial charge in [0.25, 0.3) is 0 Å². The Morgan fingerprint density at radius 1 is 1.36 bits per heavy atom. The highest BCUT2D eigenvalue weighted by Crippen LogP contribution is 2.23. The van der Waals surface area contributed by atoms with E-state index in [-0.39, 0.29) is 11.9 Å². The van der Waals surface area contributed by atoms with E-state index in [1.54, 1.807) is 18.5 Å². The van der Waals surface area contributed by atoms with E-state index >= 15 is 0 Å². The van der Waals surface area contributed by atoms with Crippen LogP contribution in [0.2, 0.25) is 0 Å². The van der Waals surface area contributed by atoms with E-state index in [1.165, 1.54) is 6.92 Å². The fourth-order valence-electron chi connectivity index (χ4n) is 2.15. The van der Waals surface area contributed by atoms with Gasteiger partial charge < -0.3 is 15.5 Å². The summed E-state index contributed by atoms with van der Waals surface area (Å²) in [5.41, 5.74) is 6.24. The lowest BCUT2D eigenvalue weighted by Crippen LogP contribution is -2.26. The van der Waals surface area contributed by atoms with Gasteiger partial charge in [0.2, 0.25) is 17.7 Å². The van der Waals surface area contributed by atoms with Crippen LogP contribution in [0.5, 0.6) is 0 Å². The number of hydrogen-bond donors (Lipinski definition) is 2. The minimum atomic E-state index is -0.270. The molecule has 22 heavy (non-hydrogen) atoms. The number of rotatable bonds is 8. The molecule has 0 aliphatic rings. The predicted molar refractivity (Wildman–Crippen MR) is 81.6 cm³/mol. The molecule has 0 aliphatic carbocycles. The molecule has 0 saturated heterocycles. The fraction of sp³-hybridized carbons (Fsp3) is 0.467. The van der Waals surface area contributed by atoms with Crippen LogP contribution < -0.4 is 11.1 Å². The van der Waals surface area contributed by atoms with Gasteiger partial charge in [-0.3, -0.25) is 9.78 Å². The first-order valence-electron chi connectivity index (χ1n) is 7.41. The first-order valence-corrected chi connectivity index (χ1v) is 7.41. The smallest absolute Gasteiger partial charge is 0.249 e. The highest BCUT2D eigenvalue weighted by Gasteiger charge is 2.20. The molecular weight excluding hydrogens is 282 g/mol. The molecule has 0 radical (unpaired) electrons. The van der Waals surface area contributed by atoms with E-state index < -0.39 is 0 Å². The van der Waals surface area contributed by atoms with Crippen molar-refractivity contribution in [1.29, 1.82) is 0 Å². The standard InChI is InChI=1S/C15H21N5O2/c1-11(21)18-13(7-3-2-4-8-16)15-20-19-14(22-15)12-6-5-9-17-10-12/h5-6,9-10,13H,2-4,7-8,16H2,1H3,(H,18,21)/t13-/m0/s1. The van der Waals surface area contributed by atoms with Gasteiger partial charge in [-0.05, 0) is 31.5 Å². The summed E-state index contributed by atoms with van der Waals surface area (Å²) >= 11 is 0. The molecule has 118 valence electrons. The van der Waals surface area contributed by atoms with E-state index in [2.05, 4.69) is 20.5 Å². The zero-order valence-electron chi connectivity index (χ0n) is 12.7. The molecule has 1 amide bonds. The highest BCUT2D eigenvalue weighted by molar-refractivity contribution is 5.73. The number of nitrogens with one attached hydrogen (secondary N) is 1. The third-order valence-electron chi connectivity index (χ3n) is 3.22. The number of pyridine rings is 1. The van der Waals surface area contributed by atoms with Crippen molar-refractivity contribution >= 4 is 5.91 Å². The number of carbonyl (C=O) groups is 1. The maximum atomic E-state index is 11.4. The van der Waals surface area contributed by atoms with Gasteiger partial charge in [0.05, 0.1) is 5.56 Å². The lowest BCUT2D eigenvalue weighted by molar-refractivity contribution is -0.119. The van der Waals surface area contributed by atoms with Crippen LogP contribution in [0.25, 0.3) is 11.5 Å². The van der Waals surface area contributed by atoms with E-state index in [0.717, 1.165) is 31.2 Å². The average Bonchev–Trinajstić information content (AvgIpc) is 3.01. The zero-order chi connectivity index (χ0) is 15.8. The summed E-state index contributed by atoms with van der Waals surface area (Å²) in [5.74, 6) is 0.701. The Bertz CT molecular complexity index is 585. The first kappa shape index (κ1) is 16.1. The van der Waals surface area contributed by atoms with Crippen LogP contribution >= 0.6 is 0 Å². The van der Waals surface area contributed by atoms with Gasteiger partial charge >= 0.3 is 0 Å². The van der Waals surface area contributed by atoms with Crippen LogP contribution in [0.3, 0.4) is 0 Å². The van der Waals surface area contributed by atoms with Crippen molar-refractivity contribution in [2.75, 3.05) is 6.54 Å². The second-order valence-electron chi connectivity index (χ2n) is 5.08. The minimum Gasteiger partial charge on any atom is -0.418 e. The summed E-state index contributed by atoms with van der Waals surface area (Å²) in [6.45, 7) is 2.15. The molecule has 0 bridgehead atoms. The van der Waals surface area contributed by atoms with Crippen LogP contribution in [0.15, 0.2) is 28.9 Å². The van der Waals surface area contributed by atoms with Gasteiger partial charge in [-0.1, -0.05) is 12.8 Å². The molecule has 0 aromatic carbocycles. The number of nitrogens with zero attached hydrogens (tertiary/aromatic N) is 3.